The number of carboxylic acids is 1. The second kappa shape index (κ2) is 9.00. The van der Waals surface area contributed by atoms with Crippen LogP contribution in [-0.4, -0.2) is 30.1 Å². The van der Waals surface area contributed by atoms with Crippen LogP contribution in [0.4, 0.5) is 0 Å². The highest BCUT2D eigenvalue weighted by Crippen LogP contribution is 2.16. The van der Waals surface area contributed by atoms with Crippen LogP contribution in [0.5, 0.6) is 5.75 Å². The van der Waals surface area contributed by atoms with E-state index in [2.05, 4.69) is 11.4 Å². The minimum atomic E-state index is -0.803. The molecule has 116 valence electrons. The molecule has 5 heteroatoms. The zero-order chi connectivity index (χ0) is 15.7. The molecule has 0 aliphatic carbocycles. The van der Waals surface area contributed by atoms with Gasteiger partial charge in [-0.2, -0.15) is 0 Å². The molecule has 0 atom stereocenters. The third-order valence-corrected chi connectivity index (χ3v) is 2.93. The van der Waals surface area contributed by atoms with Crippen molar-refractivity contribution < 1.29 is 19.4 Å². The molecule has 0 aromatic heterocycles. The summed E-state index contributed by atoms with van der Waals surface area (Å²) in [7, 11) is 0. The topological polar surface area (TPSA) is 75.6 Å². The first-order valence-corrected chi connectivity index (χ1v) is 7.17. The van der Waals surface area contributed by atoms with Crippen molar-refractivity contribution in [2.45, 2.75) is 39.5 Å². The summed E-state index contributed by atoms with van der Waals surface area (Å²) in [6.07, 6.45) is 1.70. The van der Waals surface area contributed by atoms with Gasteiger partial charge in [0, 0.05) is 13.0 Å². The second-order valence-electron chi connectivity index (χ2n) is 5.12. The summed E-state index contributed by atoms with van der Waals surface area (Å²) in [5.41, 5.74) is 2.26. The van der Waals surface area contributed by atoms with Gasteiger partial charge in [-0.3, -0.25) is 9.59 Å². The molecule has 0 aliphatic heterocycles. The van der Waals surface area contributed by atoms with E-state index in [1.807, 2.05) is 26.0 Å². The summed E-state index contributed by atoms with van der Waals surface area (Å²) in [4.78, 5) is 21.9. The van der Waals surface area contributed by atoms with Gasteiger partial charge >= 0.3 is 5.97 Å². The molecule has 0 radical (unpaired) electrons. The molecular weight excluding hydrogens is 270 g/mol. The second-order valence-corrected chi connectivity index (χ2v) is 5.12. The summed E-state index contributed by atoms with van der Waals surface area (Å²) in [6, 6.07) is 5.95. The van der Waals surface area contributed by atoms with Crippen LogP contribution in [0.1, 0.15) is 36.8 Å². The molecule has 0 spiro atoms. The first-order valence-electron chi connectivity index (χ1n) is 7.17. The van der Waals surface area contributed by atoms with Gasteiger partial charge in [-0.15, -0.1) is 0 Å². The molecule has 5 nitrogen and oxygen atoms in total. The lowest BCUT2D eigenvalue weighted by Crippen LogP contribution is -2.26. The number of ether oxygens (including phenoxy) is 1. The maximum Gasteiger partial charge on any atom is 0.303 e. The zero-order valence-corrected chi connectivity index (χ0v) is 12.6. The smallest absolute Gasteiger partial charge is 0.303 e. The molecule has 1 aromatic rings. The Bertz CT molecular complexity index is 465. The number of carboxylic acid groups (broad SMARTS) is 1. The predicted molar refractivity (Wildman–Crippen MR) is 80.5 cm³/mol. The van der Waals surface area contributed by atoms with Crippen molar-refractivity contribution in [3.63, 3.8) is 0 Å². The number of hydrogen-bond donors (Lipinski definition) is 2. The van der Waals surface area contributed by atoms with E-state index in [1.54, 1.807) is 0 Å². The molecule has 0 saturated carbocycles. The molecule has 0 heterocycles. The lowest BCUT2D eigenvalue weighted by molar-refractivity contribution is -0.137. The fraction of sp³-hybridized carbons (Fsp3) is 0.500. The predicted octanol–water partition coefficient (Wildman–Crippen LogP) is 2.44. The molecule has 0 fully saturated rings. The Morgan fingerprint density at radius 2 is 1.76 bits per heavy atom. The van der Waals surface area contributed by atoms with Crippen LogP contribution in [0.25, 0.3) is 0 Å². The van der Waals surface area contributed by atoms with Gasteiger partial charge in [0.25, 0.3) is 0 Å². The maximum atomic E-state index is 11.6. The van der Waals surface area contributed by atoms with Gasteiger partial charge in [0.15, 0.2) is 0 Å². The highest BCUT2D eigenvalue weighted by atomic mass is 16.5. The van der Waals surface area contributed by atoms with Crippen molar-refractivity contribution in [1.29, 1.82) is 0 Å². The number of carbonyl (C=O) groups excluding carboxylic acids is 1. The molecule has 1 amide bonds. The molecule has 0 aliphatic rings. The fourth-order valence-electron chi connectivity index (χ4n) is 2.00. The van der Waals surface area contributed by atoms with Gasteiger partial charge < -0.3 is 15.2 Å². The lowest BCUT2D eigenvalue weighted by Gasteiger charge is -2.08. The largest absolute Gasteiger partial charge is 0.493 e. The standard InChI is InChI=1S/C16H23NO4/c1-12-9-13(2)11-14(10-12)21-8-6-15(18)17-7-4-3-5-16(19)20/h9-11H,3-8H2,1-2H3,(H,17,18)(H,19,20). The average Bonchev–Trinajstić information content (AvgIpc) is 2.36. The van der Waals surface area contributed by atoms with Crippen LogP contribution in [0.15, 0.2) is 18.2 Å². The summed E-state index contributed by atoms with van der Waals surface area (Å²) in [5, 5.41) is 11.2. The van der Waals surface area contributed by atoms with E-state index < -0.39 is 5.97 Å². The van der Waals surface area contributed by atoms with Gasteiger partial charge in [0.05, 0.1) is 13.0 Å². The Hall–Kier alpha value is -2.04. The normalized spacial score (nSPS) is 10.2. The lowest BCUT2D eigenvalue weighted by atomic mass is 10.1. The van der Waals surface area contributed by atoms with Gasteiger partial charge in [0.2, 0.25) is 5.91 Å². The van der Waals surface area contributed by atoms with Crippen molar-refractivity contribution in [2.75, 3.05) is 13.2 Å². The van der Waals surface area contributed by atoms with E-state index in [1.165, 1.54) is 0 Å². The number of rotatable bonds is 9. The highest BCUT2D eigenvalue weighted by molar-refractivity contribution is 5.75. The summed E-state index contributed by atoms with van der Waals surface area (Å²) in [5.74, 6) is -0.0976. The van der Waals surface area contributed by atoms with Crippen LogP contribution in [-0.2, 0) is 9.59 Å². The molecule has 1 aromatic carbocycles. The average molecular weight is 293 g/mol. The number of hydrogen-bond acceptors (Lipinski definition) is 3. The van der Waals surface area contributed by atoms with E-state index in [0.717, 1.165) is 16.9 Å². The van der Waals surface area contributed by atoms with Crippen LogP contribution in [0.3, 0.4) is 0 Å². The SMILES string of the molecule is Cc1cc(C)cc(OCCC(=O)NCCCCC(=O)O)c1. The Balaban J connectivity index is 2.14. The van der Waals surface area contributed by atoms with E-state index >= 15 is 0 Å². The Morgan fingerprint density at radius 1 is 1.10 bits per heavy atom. The summed E-state index contributed by atoms with van der Waals surface area (Å²) >= 11 is 0. The first-order chi connectivity index (χ1) is 9.97. The van der Waals surface area contributed by atoms with E-state index in [-0.39, 0.29) is 12.3 Å². The number of carbonyl (C=O) groups is 2. The van der Waals surface area contributed by atoms with E-state index in [0.29, 0.717) is 32.4 Å². The molecule has 2 N–H and O–H groups in total. The van der Waals surface area contributed by atoms with E-state index in [9.17, 15) is 9.59 Å². The molecule has 21 heavy (non-hydrogen) atoms. The van der Waals surface area contributed by atoms with Gasteiger partial charge in [-0.25, -0.2) is 0 Å². The number of aliphatic carboxylic acids is 1. The number of benzene rings is 1. The van der Waals surface area contributed by atoms with Crippen LogP contribution in [0.2, 0.25) is 0 Å². The van der Waals surface area contributed by atoms with E-state index in [4.69, 9.17) is 9.84 Å². The molecule has 1 rings (SSSR count). The zero-order valence-electron chi connectivity index (χ0n) is 12.6. The third-order valence-electron chi connectivity index (χ3n) is 2.93. The number of amides is 1. The molecular formula is C16H23NO4. The number of unbranched alkanes of at least 4 members (excludes halogenated alkanes) is 1. The minimum absolute atomic E-state index is 0.0744. The Kier molecular flexibility index (Phi) is 7.29. The molecule has 0 unspecified atom stereocenters. The fourth-order valence-corrected chi connectivity index (χ4v) is 2.00. The molecule has 0 saturated heterocycles. The summed E-state index contributed by atoms with van der Waals surface area (Å²) in [6.45, 7) is 4.85. The van der Waals surface area contributed by atoms with Crippen molar-refractivity contribution in [1.82, 2.24) is 5.32 Å². The Morgan fingerprint density at radius 3 is 2.38 bits per heavy atom. The van der Waals surface area contributed by atoms with Crippen LogP contribution >= 0.6 is 0 Å². The van der Waals surface area contributed by atoms with Crippen molar-refractivity contribution in [2.24, 2.45) is 0 Å². The van der Waals surface area contributed by atoms with Crippen molar-refractivity contribution in [3.8, 4) is 5.75 Å². The van der Waals surface area contributed by atoms with Crippen molar-refractivity contribution >= 4 is 11.9 Å². The number of nitrogens with one attached hydrogen (secondary N) is 1. The van der Waals surface area contributed by atoms with Crippen LogP contribution < -0.4 is 10.1 Å². The Labute approximate surface area is 125 Å². The molecule has 0 bridgehead atoms. The third kappa shape index (κ3) is 7.97. The van der Waals surface area contributed by atoms with Gasteiger partial charge in [-0.1, -0.05) is 6.07 Å². The minimum Gasteiger partial charge on any atom is -0.493 e. The highest BCUT2D eigenvalue weighted by Gasteiger charge is 2.03. The first kappa shape index (κ1) is 17.0. The summed E-state index contributed by atoms with van der Waals surface area (Å²) < 4.78 is 5.56. The maximum absolute atomic E-state index is 11.6. The quantitative estimate of drug-likeness (QED) is 0.686. The number of aryl methyl sites for hydroxylation is 2. The monoisotopic (exact) mass is 293 g/mol. The van der Waals surface area contributed by atoms with Gasteiger partial charge in [0.1, 0.15) is 5.75 Å². The van der Waals surface area contributed by atoms with Crippen molar-refractivity contribution in [3.05, 3.63) is 29.3 Å². The van der Waals surface area contributed by atoms with Crippen LogP contribution in [0, 0.1) is 13.8 Å². The van der Waals surface area contributed by atoms with Gasteiger partial charge in [-0.05, 0) is 49.9 Å².